The minimum atomic E-state index is -1.06. The number of hydrogen-bond donors (Lipinski definition) is 4. The van der Waals surface area contributed by atoms with Crippen LogP contribution in [0.4, 0.5) is 5.95 Å². The minimum absolute atomic E-state index is 0.0242. The van der Waals surface area contributed by atoms with E-state index >= 15 is 0 Å². The zero-order valence-electron chi connectivity index (χ0n) is 16.5. The van der Waals surface area contributed by atoms with E-state index in [1.165, 1.54) is 0 Å². The van der Waals surface area contributed by atoms with E-state index in [-0.39, 0.29) is 51.4 Å². The summed E-state index contributed by atoms with van der Waals surface area (Å²) < 4.78 is 5.70. The number of aliphatic carboxylic acids is 1. The molecule has 0 spiro atoms. The van der Waals surface area contributed by atoms with Gasteiger partial charge in [-0.3, -0.25) is 0 Å². The molecule has 12 nitrogen and oxygen atoms in total. The number of carboxylic acid groups (broad SMARTS) is 1. The Morgan fingerprint density at radius 2 is 2.03 bits per heavy atom. The molecule has 1 unspecified atom stereocenters. The molecule has 1 atom stereocenters. The van der Waals surface area contributed by atoms with Crippen LogP contribution >= 0.6 is 0 Å². The fraction of sp³-hybridized carbons (Fsp3) is 0.211. The molecule has 2 aromatic heterocycles. The van der Waals surface area contributed by atoms with Gasteiger partial charge in [-0.05, 0) is 0 Å². The Morgan fingerprint density at radius 3 is 2.72 bits per heavy atom. The second kappa shape index (κ2) is 10.5. The summed E-state index contributed by atoms with van der Waals surface area (Å²) in [6.45, 7) is 0.160. The van der Waals surface area contributed by atoms with Crippen LogP contribution in [0.2, 0.25) is 0 Å². The molecule has 0 bridgehead atoms. The number of hydrogen-bond acceptors (Lipinski definition) is 9. The maximum absolute atomic E-state index is 12.3. The number of amides is 1. The van der Waals surface area contributed by atoms with Crippen molar-refractivity contribution in [2.45, 2.75) is 24.4 Å². The van der Waals surface area contributed by atoms with Crippen molar-refractivity contribution in [1.82, 2.24) is 25.3 Å². The maximum atomic E-state index is 12.3. The van der Waals surface area contributed by atoms with Gasteiger partial charge in [-0.15, -0.1) is 0 Å². The number of carboxylic acids is 1. The van der Waals surface area contributed by atoms with Crippen molar-refractivity contribution in [3.05, 3.63) is 52.1 Å². The van der Waals surface area contributed by atoms with Gasteiger partial charge in [0.05, 0.1) is 0 Å². The van der Waals surface area contributed by atoms with E-state index in [0.29, 0.717) is 16.6 Å². The Bertz CT molecular complexity index is 1200. The van der Waals surface area contributed by atoms with Gasteiger partial charge in [0.25, 0.3) is 0 Å². The van der Waals surface area contributed by atoms with Crippen molar-refractivity contribution in [2.24, 2.45) is 0 Å². The van der Waals surface area contributed by atoms with E-state index in [1.807, 2.05) is 0 Å². The van der Waals surface area contributed by atoms with Crippen LogP contribution in [0.25, 0.3) is 11.2 Å². The summed E-state index contributed by atoms with van der Waals surface area (Å²) in [4.78, 5) is 60.3. The first-order chi connectivity index (χ1) is 15.4. The Morgan fingerprint density at radius 1 is 1.28 bits per heavy atom. The zero-order chi connectivity index (χ0) is 23.1. The van der Waals surface area contributed by atoms with E-state index in [9.17, 15) is 19.2 Å². The molecular formula is C19H18N6O6Se. The van der Waals surface area contributed by atoms with Crippen LogP contribution in [0.5, 0.6) is 0 Å². The van der Waals surface area contributed by atoms with Gasteiger partial charge < -0.3 is 0 Å². The zero-order valence-corrected chi connectivity index (χ0v) is 18.2. The average Bonchev–Trinajstić information content (AvgIpc) is 2.76. The third-order valence-electron chi connectivity index (χ3n) is 4.12. The molecule has 0 fully saturated rings. The second-order valence-corrected chi connectivity index (χ2v) is 8.62. The first-order valence-corrected chi connectivity index (χ1v) is 11.3. The molecule has 13 heteroatoms. The number of anilines is 1. The number of fused-ring (bicyclic) bond motifs is 1. The number of nitrogens with one attached hydrogen (secondary N) is 2. The topological polar surface area (TPSA) is 190 Å². The van der Waals surface area contributed by atoms with Gasteiger partial charge in [0.2, 0.25) is 0 Å². The second-order valence-electron chi connectivity index (χ2n) is 6.42. The third kappa shape index (κ3) is 6.09. The van der Waals surface area contributed by atoms with Crippen LogP contribution in [0.1, 0.15) is 28.9 Å². The number of aromatic amines is 1. The number of nitrogens with two attached hydrogens (primary N) is 1. The molecule has 0 aliphatic carbocycles. The quantitative estimate of drug-likeness (QED) is 0.150. The molecule has 3 rings (SSSR count). The number of nitrogens with zero attached hydrogens (tertiary/aromatic N) is 3. The Hall–Kier alpha value is -3.83. The van der Waals surface area contributed by atoms with Crippen molar-refractivity contribution in [3.63, 3.8) is 0 Å². The SMILES string of the molecule is Nc1nc2ncc(C[Se]c3ccc(C(=O)NC(CCC(=O)O)OC=O)cc3)nc2c(=O)[nH]1. The summed E-state index contributed by atoms with van der Waals surface area (Å²) in [5.74, 6) is -1.58. The number of aromatic nitrogens is 4. The van der Waals surface area contributed by atoms with E-state index in [4.69, 9.17) is 15.6 Å². The molecular weight excluding hydrogens is 487 g/mol. The molecule has 0 aliphatic rings. The van der Waals surface area contributed by atoms with Crippen molar-refractivity contribution < 1.29 is 24.2 Å². The van der Waals surface area contributed by atoms with Gasteiger partial charge in [0, 0.05) is 0 Å². The number of carbonyl (C=O) groups is 3. The standard InChI is InChI=1S/C19H18N6O6Se/c20-19-24-16-15(18(30)25-19)22-11(7-21-16)8-32-12-3-1-10(2-4-12)17(29)23-13(31-9-26)5-6-14(27)28/h1-4,7,9,13H,5-6,8H2,(H,23,29)(H,27,28)(H3,20,21,24,25,30). The fourth-order valence-electron chi connectivity index (χ4n) is 2.63. The normalized spacial score (nSPS) is 11.6. The Balaban J connectivity index is 1.61. The molecule has 0 radical (unpaired) electrons. The van der Waals surface area contributed by atoms with Gasteiger partial charge in [-0.25, -0.2) is 0 Å². The molecule has 5 N–H and O–H groups in total. The summed E-state index contributed by atoms with van der Waals surface area (Å²) >= 11 is -0.0456. The molecule has 166 valence electrons. The van der Waals surface area contributed by atoms with Crippen LogP contribution in [0, 0.1) is 0 Å². The van der Waals surface area contributed by atoms with Crippen LogP contribution < -0.4 is 21.1 Å². The third-order valence-corrected chi connectivity index (χ3v) is 6.32. The van der Waals surface area contributed by atoms with E-state index in [2.05, 4.69) is 25.3 Å². The molecule has 0 saturated carbocycles. The van der Waals surface area contributed by atoms with Crippen molar-refractivity contribution in [1.29, 1.82) is 0 Å². The van der Waals surface area contributed by atoms with Crippen LogP contribution in [-0.4, -0.2) is 64.6 Å². The molecule has 0 saturated heterocycles. The number of carbonyl (C=O) groups excluding carboxylic acids is 2. The molecule has 2 heterocycles. The molecule has 3 aromatic rings. The van der Waals surface area contributed by atoms with Crippen LogP contribution in [0.3, 0.4) is 0 Å². The van der Waals surface area contributed by atoms with Crippen molar-refractivity contribution >= 4 is 54.9 Å². The summed E-state index contributed by atoms with van der Waals surface area (Å²) in [7, 11) is 0. The predicted octanol–water partition coefficient (Wildman–Crippen LogP) is -1.08. The van der Waals surface area contributed by atoms with Crippen LogP contribution in [0.15, 0.2) is 35.3 Å². The van der Waals surface area contributed by atoms with Gasteiger partial charge in [-0.2, -0.15) is 0 Å². The van der Waals surface area contributed by atoms with Gasteiger partial charge >= 0.3 is 187 Å². The fourth-order valence-corrected chi connectivity index (χ4v) is 4.27. The van der Waals surface area contributed by atoms with Gasteiger partial charge in [0.15, 0.2) is 0 Å². The van der Waals surface area contributed by atoms with E-state index in [0.717, 1.165) is 4.46 Å². The number of benzene rings is 1. The first kappa shape index (κ1) is 22.8. The number of nitrogen functional groups attached to an aromatic ring is 1. The Labute approximate surface area is 186 Å². The predicted molar refractivity (Wildman–Crippen MR) is 113 cm³/mol. The summed E-state index contributed by atoms with van der Waals surface area (Å²) in [5, 5.41) is 11.8. The molecule has 1 amide bonds. The van der Waals surface area contributed by atoms with Gasteiger partial charge in [-0.1, -0.05) is 0 Å². The van der Waals surface area contributed by atoms with Crippen LogP contribution in [-0.2, 0) is 19.6 Å². The molecule has 0 aliphatic heterocycles. The number of ether oxygens (including phenoxy) is 1. The molecule has 1 aromatic carbocycles. The van der Waals surface area contributed by atoms with E-state index < -0.39 is 23.7 Å². The summed E-state index contributed by atoms with van der Waals surface area (Å²) in [6.07, 6.45) is 0.216. The Kier molecular flexibility index (Phi) is 7.47. The monoisotopic (exact) mass is 506 g/mol. The molecule has 32 heavy (non-hydrogen) atoms. The summed E-state index contributed by atoms with van der Waals surface area (Å²) in [6, 6.07) is 6.80. The van der Waals surface area contributed by atoms with Gasteiger partial charge in [0.1, 0.15) is 0 Å². The summed E-state index contributed by atoms with van der Waals surface area (Å²) in [5.41, 5.74) is 6.30. The van der Waals surface area contributed by atoms with Crippen molar-refractivity contribution in [3.8, 4) is 0 Å². The first-order valence-electron chi connectivity index (χ1n) is 9.21. The number of rotatable bonds is 10. The van der Waals surface area contributed by atoms with Crippen molar-refractivity contribution in [2.75, 3.05) is 5.73 Å². The number of H-pyrrole nitrogens is 1. The van der Waals surface area contributed by atoms with E-state index in [1.54, 1.807) is 30.5 Å². The average molecular weight is 505 g/mol.